The highest BCUT2D eigenvalue weighted by Gasteiger charge is 2.60. The lowest BCUT2D eigenvalue weighted by Gasteiger charge is -2.34. The number of amidine groups is 1. The Morgan fingerprint density at radius 1 is 1.42 bits per heavy atom. The van der Waals surface area contributed by atoms with Crippen LogP contribution in [-0.2, 0) is 11.3 Å². The standard InChI is InChI=1S/C19H25N5OS/c1-5-24-11-12(10-20-24)8-14-16(25)21-17(26-14)23-22-15-9-13-6-7-19(15,4)18(13,2)3/h8,10-11,13H,5-7,9H2,1-4H3,(H,21,23,25)/b14-8+,22-15-/t13-,19+/m0/s1. The quantitative estimate of drug-likeness (QED) is 0.651. The van der Waals surface area contributed by atoms with Gasteiger partial charge in [-0.1, -0.05) is 20.8 Å². The first-order valence-electron chi connectivity index (χ1n) is 9.22. The number of aromatic nitrogens is 2. The fourth-order valence-corrected chi connectivity index (χ4v) is 5.21. The van der Waals surface area contributed by atoms with E-state index in [1.807, 2.05) is 23.9 Å². The van der Waals surface area contributed by atoms with Crippen molar-refractivity contribution in [2.75, 3.05) is 0 Å². The highest BCUT2D eigenvalue weighted by molar-refractivity contribution is 8.18. The third-order valence-electron chi connectivity index (χ3n) is 6.70. The van der Waals surface area contributed by atoms with Gasteiger partial charge in [-0.05, 0) is 55.4 Å². The van der Waals surface area contributed by atoms with Crippen LogP contribution in [0.4, 0.5) is 0 Å². The molecule has 2 heterocycles. The van der Waals surface area contributed by atoms with Crippen LogP contribution in [0.2, 0.25) is 0 Å². The van der Waals surface area contributed by atoms with Crippen molar-refractivity contribution < 1.29 is 4.79 Å². The molecule has 1 aromatic rings. The molecule has 1 aliphatic heterocycles. The number of amides is 1. The maximum atomic E-state index is 12.2. The zero-order valence-corrected chi connectivity index (χ0v) is 16.6. The number of nitrogens with one attached hydrogen (secondary N) is 1. The Morgan fingerprint density at radius 3 is 2.85 bits per heavy atom. The molecular weight excluding hydrogens is 346 g/mol. The van der Waals surface area contributed by atoms with E-state index in [9.17, 15) is 4.79 Å². The van der Waals surface area contributed by atoms with Crippen molar-refractivity contribution in [3.8, 4) is 0 Å². The van der Waals surface area contributed by atoms with Gasteiger partial charge < -0.3 is 0 Å². The lowest BCUT2D eigenvalue weighted by Crippen LogP contribution is -2.32. The Balaban J connectivity index is 1.52. The summed E-state index contributed by atoms with van der Waals surface area (Å²) >= 11 is 1.34. The minimum atomic E-state index is -0.127. The van der Waals surface area contributed by atoms with Gasteiger partial charge in [-0.25, -0.2) is 0 Å². The van der Waals surface area contributed by atoms with E-state index < -0.39 is 0 Å². The van der Waals surface area contributed by atoms with Gasteiger partial charge in [0.05, 0.1) is 11.1 Å². The molecule has 0 radical (unpaired) electrons. The number of thioether (sulfide) groups is 1. The number of hydrogen-bond acceptors (Lipinski definition) is 5. The van der Waals surface area contributed by atoms with Crippen LogP contribution in [0.3, 0.4) is 0 Å². The first-order chi connectivity index (χ1) is 12.3. The van der Waals surface area contributed by atoms with Crippen molar-refractivity contribution in [3.05, 3.63) is 22.9 Å². The highest BCUT2D eigenvalue weighted by Crippen LogP contribution is 2.64. The van der Waals surface area contributed by atoms with E-state index in [4.69, 9.17) is 0 Å². The van der Waals surface area contributed by atoms with E-state index in [1.54, 1.807) is 6.20 Å². The fourth-order valence-electron chi connectivity index (χ4n) is 4.44. The Labute approximate surface area is 158 Å². The van der Waals surface area contributed by atoms with Gasteiger partial charge in [-0.3, -0.25) is 14.8 Å². The summed E-state index contributed by atoms with van der Waals surface area (Å²) in [5, 5.41) is 16.6. The number of hydrogen-bond donors (Lipinski definition) is 1. The first kappa shape index (κ1) is 17.5. The minimum Gasteiger partial charge on any atom is -0.299 e. The van der Waals surface area contributed by atoms with Crippen LogP contribution in [0.15, 0.2) is 27.5 Å². The molecule has 1 N–H and O–H groups in total. The van der Waals surface area contributed by atoms with Crippen LogP contribution in [0.5, 0.6) is 0 Å². The Kier molecular flexibility index (Phi) is 4.10. The summed E-state index contributed by atoms with van der Waals surface area (Å²) in [5.41, 5.74) is 2.51. The number of aryl methyl sites for hydroxylation is 1. The normalized spacial score (nSPS) is 34.4. The van der Waals surface area contributed by atoms with E-state index in [2.05, 4.69) is 41.4 Å². The minimum absolute atomic E-state index is 0.127. The highest BCUT2D eigenvalue weighted by atomic mass is 32.2. The van der Waals surface area contributed by atoms with Crippen LogP contribution < -0.4 is 5.32 Å². The van der Waals surface area contributed by atoms with Gasteiger partial charge in [0, 0.05) is 29.4 Å². The number of carbonyl (C=O) groups is 1. The second kappa shape index (κ2) is 6.08. The average molecular weight is 372 g/mol. The van der Waals surface area contributed by atoms with Crippen LogP contribution in [0.25, 0.3) is 6.08 Å². The second-order valence-electron chi connectivity index (χ2n) is 8.14. The van der Waals surface area contributed by atoms with Gasteiger partial charge in [-0.2, -0.15) is 10.2 Å². The summed E-state index contributed by atoms with van der Waals surface area (Å²) < 4.78 is 1.84. The van der Waals surface area contributed by atoms with E-state index in [-0.39, 0.29) is 16.7 Å². The Hall–Kier alpha value is -1.89. The zero-order chi connectivity index (χ0) is 18.5. The SMILES string of the molecule is CCn1cc(/C=C2/S/C(=N\N=C3\C[C@@H]4CC[C@@]3(C)C4(C)C)NC2=O)cn1. The fraction of sp³-hybridized carbons (Fsp3) is 0.579. The van der Waals surface area contributed by atoms with Gasteiger partial charge in [0.1, 0.15) is 0 Å². The maximum Gasteiger partial charge on any atom is 0.264 e. The van der Waals surface area contributed by atoms with E-state index in [1.165, 1.54) is 30.3 Å². The largest absolute Gasteiger partial charge is 0.299 e. The number of fused-ring (bicyclic) bond motifs is 2. The first-order valence-corrected chi connectivity index (χ1v) is 10.0. The molecule has 3 fully saturated rings. The van der Waals surface area contributed by atoms with Gasteiger partial charge in [0.2, 0.25) is 0 Å². The molecule has 26 heavy (non-hydrogen) atoms. The summed E-state index contributed by atoms with van der Waals surface area (Å²) in [4.78, 5) is 12.8. The molecule has 138 valence electrons. The lowest BCUT2D eigenvalue weighted by atomic mass is 9.70. The molecule has 2 aliphatic carbocycles. The van der Waals surface area contributed by atoms with Gasteiger partial charge in [0.25, 0.3) is 5.91 Å². The molecule has 1 saturated heterocycles. The summed E-state index contributed by atoms with van der Waals surface area (Å²) in [7, 11) is 0. The van der Waals surface area contributed by atoms with Crippen molar-refractivity contribution in [1.29, 1.82) is 0 Å². The molecule has 2 saturated carbocycles. The summed E-state index contributed by atoms with van der Waals surface area (Å²) in [6.07, 6.45) is 9.02. The molecule has 2 atom stereocenters. The van der Waals surface area contributed by atoms with Crippen molar-refractivity contribution in [1.82, 2.24) is 15.1 Å². The third-order valence-corrected chi connectivity index (χ3v) is 7.60. The molecule has 0 spiro atoms. The third kappa shape index (κ3) is 2.64. The van der Waals surface area contributed by atoms with Crippen molar-refractivity contribution >= 4 is 34.6 Å². The molecule has 7 heteroatoms. The summed E-state index contributed by atoms with van der Waals surface area (Å²) in [6, 6.07) is 0. The van der Waals surface area contributed by atoms with Crippen LogP contribution in [0, 0.1) is 16.7 Å². The molecule has 1 amide bonds. The number of carbonyl (C=O) groups excluding carboxylic acids is 1. The van der Waals surface area contributed by atoms with Crippen molar-refractivity contribution in [3.63, 3.8) is 0 Å². The number of rotatable bonds is 3. The zero-order valence-electron chi connectivity index (χ0n) is 15.7. The molecule has 0 unspecified atom stereocenters. The Morgan fingerprint density at radius 2 is 2.23 bits per heavy atom. The molecule has 2 bridgehead atoms. The van der Waals surface area contributed by atoms with Crippen molar-refractivity contribution in [2.45, 2.75) is 53.5 Å². The lowest BCUT2D eigenvalue weighted by molar-refractivity contribution is -0.115. The predicted molar refractivity (Wildman–Crippen MR) is 106 cm³/mol. The summed E-state index contributed by atoms with van der Waals surface area (Å²) in [6.45, 7) is 9.86. The summed E-state index contributed by atoms with van der Waals surface area (Å²) in [5.74, 6) is 0.570. The average Bonchev–Trinajstić information content (AvgIpc) is 3.29. The molecule has 1 aromatic heterocycles. The second-order valence-corrected chi connectivity index (χ2v) is 9.17. The van der Waals surface area contributed by atoms with Crippen LogP contribution in [0.1, 0.15) is 52.5 Å². The smallest absolute Gasteiger partial charge is 0.264 e. The van der Waals surface area contributed by atoms with Gasteiger partial charge in [0.15, 0.2) is 5.17 Å². The van der Waals surface area contributed by atoms with Crippen molar-refractivity contribution in [2.24, 2.45) is 27.0 Å². The monoisotopic (exact) mass is 371 g/mol. The molecule has 6 nitrogen and oxygen atoms in total. The molecule has 3 aliphatic rings. The van der Waals surface area contributed by atoms with E-state index >= 15 is 0 Å². The van der Waals surface area contributed by atoms with E-state index in [0.29, 0.717) is 16.0 Å². The maximum absolute atomic E-state index is 12.2. The molecule has 4 rings (SSSR count). The number of nitrogens with zero attached hydrogens (tertiary/aromatic N) is 4. The topological polar surface area (TPSA) is 71.6 Å². The van der Waals surface area contributed by atoms with Crippen LogP contribution in [-0.4, -0.2) is 26.6 Å². The molecule has 0 aromatic carbocycles. The Bertz CT molecular complexity index is 850. The van der Waals surface area contributed by atoms with E-state index in [0.717, 1.165) is 18.5 Å². The van der Waals surface area contributed by atoms with Gasteiger partial charge in [-0.15, -0.1) is 5.10 Å². The van der Waals surface area contributed by atoms with Crippen LogP contribution >= 0.6 is 11.8 Å². The molecular formula is C19H25N5OS. The predicted octanol–water partition coefficient (Wildman–Crippen LogP) is 3.67. The van der Waals surface area contributed by atoms with Gasteiger partial charge >= 0.3 is 0 Å².